The SMILES string of the molecule is COC(=O)C(C)Sc1nc2c(cnn2-c2ccc([N+](=O)[O-])cc2)c(=O)[nH]1. The van der Waals surface area contributed by atoms with Crippen molar-refractivity contribution in [2.24, 2.45) is 0 Å². The fourth-order valence-corrected chi connectivity index (χ4v) is 3.06. The molecule has 0 aliphatic heterocycles. The lowest BCUT2D eigenvalue weighted by molar-refractivity contribution is -0.384. The molecule has 3 aromatic rings. The molecule has 1 N–H and O–H groups in total. The van der Waals surface area contributed by atoms with Gasteiger partial charge < -0.3 is 9.72 Å². The summed E-state index contributed by atoms with van der Waals surface area (Å²) in [7, 11) is 1.28. The highest BCUT2D eigenvalue weighted by atomic mass is 32.2. The van der Waals surface area contributed by atoms with Crippen molar-refractivity contribution in [2.75, 3.05) is 7.11 Å². The fourth-order valence-electron chi connectivity index (χ4n) is 2.24. The van der Waals surface area contributed by atoms with Gasteiger partial charge in [-0.15, -0.1) is 0 Å². The molecule has 0 radical (unpaired) electrons. The van der Waals surface area contributed by atoms with Gasteiger partial charge in [-0.05, 0) is 19.1 Å². The monoisotopic (exact) mass is 375 g/mol. The topological polar surface area (TPSA) is 133 Å². The number of methoxy groups -OCH3 is 1. The maximum Gasteiger partial charge on any atom is 0.318 e. The summed E-state index contributed by atoms with van der Waals surface area (Å²) in [6.07, 6.45) is 1.36. The van der Waals surface area contributed by atoms with Crippen molar-refractivity contribution in [3.05, 3.63) is 50.9 Å². The number of hydrogen-bond donors (Lipinski definition) is 1. The molecule has 0 amide bonds. The van der Waals surface area contributed by atoms with Crippen LogP contribution in [-0.2, 0) is 9.53 Å². The van der Waals surface area contributed by atoms with E-state index in [1.165, 1.54) is 42.3 Å². The van der Waals surface area contributed by atoms with Gasteiger partial charge in [-0.3, -0.25) is 19.7 Å². The molecule has 1 aromatic carbocycles. The standard InChI is InChI=1S/C15H13N5O5S/c1-8(14(22)25-2)26-15-17-12-11(13(21)18-15)7-16-19(12)9-3-5-10(6-4-9)20(23)24/h3-8H,1-2H3,(H,17,18,21). The summed E-state index contributed by atoms with van der Waals surface area (Å²) in [4.78, 5) is 41.0. The molecule has 1 atom stereocenters. The molecule has 0 spiro atoms. The van der Waals surface area contributed by atoms with E-state index in [0.29, 0.717) is 5.69 Å². The number of aromatic amines is 1. The Morgan fingerprint density at radius 2 is 2.08 bits per heavy atom. The Morgan fingerprint density at radius 1 is 1.38 bits per heavy atom. The highest BCUT2D eigenvalue weighted by Gasteiger charge is 2.18. The zero-order valence-electron chi connectivity index (χ0n) is 13.7. The summed E-state index contributed by atoms with van der Waals surface area (Å²) in [5.74, 6) is -0.443. The second-order valence-corrected chi connectivity index (χ2v) is 6.55. The summed E-state index contributed by atoms with van der Waals surface area (Å²) in [6.45, 7) is 1.63. The van der Waals surface area contributed by atoms with E-state index in [0.717, 1.165) is 11.8 Å². The van der Waals surface area contributed by atoms with Crippen molar-refractivity contribution in [2.45, 2.75) is 17.3 Å². The molecule has 3 rings (SSSR count). The zero-order valence-corrected chi connectivity index (χ0v) is 14.5. The largest absolute Gasteiger partial charge is 0.468 e. The van der Waals surface area contributed by atoms with E-state index in [2.05, 4.69) is 19.8 Å². The third-order valence-electron chi connectivity index (χ3n) is 3.54. The zero-order chi connectivity index (χ0) is 18.8. The van der Waals surface area contributed by atoms with Gasteiger partial charge in [0, 0.05) is 12.1 Å². The van der Waals surface area contributed by atoms with Gasteiger partial charge in [0.15, 0.2) is 10.8 Å². The number of non-ortho nitro benzene ring substituents is 1. The first-order chi connectivity index (χ1) is 12.4. The molecule has 134 valence electrons. The normalized spacial score (nSPS) is 12.1. The molecule has 2 aromatic heterocycles. The van der Waals surface area contributed by atoms with E-state index in [1.54, 1.807) is 6.92 Å². The maximum absolute atomic E-state index is 12.2. The number of esters is 1. The number of carbonyl (C=O) groups is 1. The highest BCUT2D eigenvalue weighted by Crippen LogP contribution is 2.22. The predicted molar refractivity (Wildman–Crippen MR) is 93.5 cm³/mol. The van der Waals surface area contributed by atoms with Crippen LogP contribution in [0.5, 0.6) is 0 Å². The summed E-state index contributed by atoms with van der Waals surface area (Å²) >= 11 is 1.05. The number of nitrogens with zero attached hydrogens (tertiary/aromatic N) is 4. The highest BCUT2D eigenvalue weighted by molar-refractivity contribution is 8.00. The van der Waals surface area contributed by atoms with Crippen LogP contribution in [0.25, 0.3) is 16.7 Å². The van der Waals surface area contributed by atoms with Crippen LogP contribution in [0, 0.1) is 10.1 Å². The number of ether oxygens (including phenoxy) is 1. The van der Waals surface area contributed by atoms with Gasteiger partial charge in [-0.25, -0.2) is 9.67 Å². The van der Waals surface area contributed by atoms with Crippen LogP contribution in [-0.4, -0.2) is 43.0 Å². The average molecular weight is 375 g/mol. The number of nitrogens with one attached hydrogen (secondary N) is 1. The Labute approximate surface area is 150 Å². The number of thioether (sulfide) groups is 1. The number of hydrogen-bond acceptors (Lipinski definition) is 8. The summed E-state index contributed by atoms with van der Waals surface area (Å²) < 4.78 is 6.06. The second-order valence-electron chi connectivity index (χ2n) is 5.22. The van der Waals surface area contributed by atoms with E-state index < -0.39 is 21.7 Å². The van der Waals surface area contributed by atoms with Crippen LogP contribution in [0.15, 0.2) is 40.4 Å². The van der Waals surface area contributed by atoms with Crippen molar-refractivity contribution in [1.29, 1.82) is 0 Å². The third kappa shape index (κ3) is 3.28. The number of carbonyl (C=O) groups excluding carboxylic acids is 1. The van der Waals surface area contributed by atoms with Gasteiger partial charge in [0.05, 0.1) is 23.9 Å². The first-order valence-corrected chi connectivity index (χ1v) is 8.26. The third-order valence-corrected chi connectivity index (χ3v) is 4.51. The molecule has 26 heavy (non-hydrogen) atoms. The van der Waals surface area contributed by atoms with Gasteiger partial charge in [-0.1, -0.05) is 11.8 Å². The van der Waals surface area contributed by atoms with Gasteiger partial charge in [-0.2, -0.15) is 5.10 Å². The minimum atomic E-state index is -0.559. The minimum Gasteiger partial charge on any atom is -0.468 e. The van der Waals surface area contributed by atoms with Crippen molar-refractivity contribution < 1.29 is 14.5 Å². The van der Waals surface area contributed by atoms with Crippen LogP contribution < -0.4 is 5.56 Å². The molecule has 0 saturated carbocycles. The number of aromatic nitrogens is 4. The molecule has 0 saturated heterocycles. The van der Waals surface area contributed by atoms with E-state index in [4.69, 9.17) is 0 Å². The summed E-state index contributed by atoms with van der Waals surface area (Å²) in [6, 6.07) is 5.70. The van der Waals surface area contributed by atoms with Crippen LogP contribution in [0.3, 0.4) is 0 Å². The minimum absolute atomic E-state index is 0.0563. The van der Waals surface area contributed by atoms with E-state index in [1.807, 2.05) is 0 Å². The molecule has 11 heteroatoms. The summed E-state index contributed by atoms with van der Waals surface area (Å²) in [5, 5.41) is 14.8. The van der Waals surface area contributed by atoms with Crippen molar-refractivity contribution in [3.63, 3.8) is 0 Å². The Balaban J connectivity index is 2.03. The lowest BCUT2D eigenvalue weighted by atomic mass is 10.3. The van der Waals surface area contributed by atoms with E-state index >= 15 is 0 Å². The Bertz CT molecular complexity index is 1040. The average Bonchev–Trinajstić information content (AvgIpc) is 3.05. The lowest BCUT2D eigenvalue weighted by Gasteiger charge is -2.08. The summed E-state index contributed by atoms with van der Waals surface area (Å²) in [5.41, 5.74) is 0.338. The van der Waals surface area contributed by atoms with Crippen molar-refractivity contribution >= 4 is 34.5 Å². The number of rotatable bonds is 5. The Hall–Kier alpha value is -3.21. The van der Waals surface area contributed by atoms with Crippen LogP contribution >= 0.6 is 11.8 Å². The van der Waals surface area contributed by atoms with Gasteiger partial charge in [0.1, 0.15) is 10.6 Å². The Morgan fingerprint density at radius 3 is 2.69 bits per heavy atom. The van der Waals surface area contributed by atoms with E-state index in [9.17, 15) is 19.7 Å². The molecule has 2 heterocycles. The lowest BCUT2D eigenvalue weighted by Crippen LogP contribution is -2.17. The molecule has 0 aliphatic carbocycles. The van der Waals surface area contributed by atoms with Gasteiger partial charge >= 0.3 is 5.97 Å². The number of nitro groups is 1. The fraction of sp³-hybridized carbons (Fsp3) is 0.200. The number of fused-ring (bicyclic) bond motifs is 1. The van der Waals surface area contributed by atoms with Gasteiger partial charge in [0.2, 0.25) is 0 Å². The maximum atomic E-state index is 12.2. The predicted octanol–water partition coefficient (Wildman–Crippen LogP) is 1.67. The number of H-pyrrole nitrogens is 1. The molecule has 0 fully saturated rings. The van der Waals surface area contributed by atoms with Crippen molar-refractivity contribution in [3.8, 4) is 5.69 Å². The molecular weight excluding hydrogens is 362 g/mol. The van der Waals surface area contributed by atoms with Crippen LogP contribution in [0.1, 0.15) is 6.92 Å². The Kier molecular flexibility index (Phi) is 4.71. The second kappa shape index (κ2) is 6.96. The smallest absolute Gasteiger partial charge is 0.318 e. The first-order valence-electron chi connectivity index (χ1n) is 7.38. The van der Waals surface area contributed by atoms with Crippen LogP contribution in [0.2, 0.25) is 0 Å². The quantitative estimate of drug-likeness (QED) is 0.234. The molecule has 0 bridgehead atoms. The van der Waals surface area contributed by atoms with Gasteiger partial charge in [0.25, 0.3) is 11.2 Å². The molecule has 1 unspecified atom stereocenters. The molecular formula is C15H13N5O5S. The molecule has 10 nitrogen and oxygen atoms in total. The number of benzene rings is 1. The van der Waals surface area contributed by atoms with E-state index in [-0.39, 0.29) is 21.9 Å². The van der Waals surface area contributed by atoms with Crippen LogP contribution in [0.4, 0.5) is 5.69 Å². The number of nitro benzene ring substituents is 1. The first kappa shape index (κ1) is 17.6. The van der Waals surface area contributed by atoms with Crippen molar-refractivity contribution in [1.82, 2.24) is 19.7 Å². The molecule has 0 aliphatic rings.